The molecule has 1 aliphatic rings. The molecule has 0 radical (unpaired) electrons. The minimum atomic E-state index is -1.11. The monoisotopic (exact) mass is 470 g/mol. The molecule has 0 fully saturated rings. The van der Waals surface area contributed by atoms with Gasteiger partial charge in [0.1, 0.15) is 16.7 Å². The first-order chi connectivity index (χ1) is 15.3. The van der Waals surface area contributed by atoms with Gasteiger partial charge in [0.25, 0.3) is 0 Å². The molecule has 7 heteroatoms. The van der Waals surface area contributed by atoms with E-state index in [0.717, 1.165) is 41.2 Å². The highest BCUT2D eigenvalue weighted by Crippen LogP contribution is 2.35. The molecule has 1 atom stereocenters. The molecule has 180 valence electrons. The van der Waals surface area contributed by atoms with Crippen LogP contribution in [0.1, 0.15) is 67.4 Å². The van der Waals surface area contributed by atoms with Crippen LogP contribution in [-0.2, 0) is 16.4 Å². The van der Waals surface area contributed by atoms with Crippen molar-refractivity contribution in [1.29, 1.82) is 0 Å². The molecule has 0 aliphatic carbocycles. The molecule has 0 amide bonds. The van der Waals surface area contributed by atoms with E-state index in [4.69, 9.17) is 9.72 Å². The Hall–Kier alpha value is -2.41. The Morgan fingerprint density at radius 1 is 1.12 bits per heavy atom. The Morgan fingerprint density at radius 3 is 2.42 bits per heavy atom. The third kappa shape index (κ3) is 6.56. The molecule has 1 aromatic carbocycles. The van der Waals surface area contributed by atoms with Gasteiger partial charge in [-0.1, -0.05) is 20.8 Å². The Morgan fingerprint density at radius 2 is 1.85 bits per heavy atom. The van der Waals surface area contributed by atoms with Gasteiger partial charge in [-0.25, -0.2) is 14.2 Å². The van der Waals surface area contributed by atoms with Crippen LogP contribution in [0.15, 0.2) is 42.2 Å². The smallest absolute Gasteiger partial charge is 0.226 e. The van der Waals surface area contributed by atoms with E-state index >= 15 is 0 Å². The number of ether oxygens (including phenoxy) is 1. The standard InChI is InChI=1S/C26H38N4O2S/c1-18(2)32-23-10-9-19(17-21(23)25(3,4)5)22-11-14-27-24(28-22)30-15-12-20(13-16-30)29-33(31)26(6,7)8/h9-12,14,17-18,29H,13,15-16H2,1-8H3. The molecule has 0 spiro atoms. The Kier molecular flexibility index (Phi) is 7.52. The molecule has 1 aromatic heterocycles. The fourth-order valence-electron chi connectivity index (χ4n) is 3.51. The molecular weight excluding hydrogens is 432 g/mol. The van der Waals surface area contributed by atoms with E-state index in [1.165, 1.54) is 0 Å². The van der Waals surface area contributed by atoms with E-state index < -0.39 is 11.0 Å². The number of anilines is 1. The molecule has 1 N–H and O–H groups in total. The average molecular weight is 471 g/mol. The van der Waals surface area contributed by atoms with Crippen molar-refractivity contribution in [3.63, 3.8) is 0 Å². The lowest BCUT2D eigenvalue weighted by atomic mass is 9.85. The molecule has 1 aliphatic heterocycles. The van der Waals surface area contributed by atoms with Crippen LogP contribution in [0, 0.1) is 0 Å². The van der Waals surface area contributed by atoms with Crippen molar-refractivity contribution in [3.05, 3.63) is 47.8 Å². The third-order valence-electron chi connectivity index (χ3n) is 5.36. The average Bonchev–Trinajstić information content (AvgIpc) is 2.73. The van der Waals surface area contributed by atoms with E-state index in [0.29, 0.717) is 12.5 Å². The van der Waals surface area contributed by atoms with Gasteiger partial charge in [0.05, 0.1) is 16.5 Å². The first kappa shape index (κ1) is 25.2. The summed E-state index contributed by atoms with van der Waals surface area (Å²) in [5, 5.41) is 0. The minimum Gasteiger partial charge on any atom is -0.491 e. The zero-order valence-corrected chi connectivity index (χ0v) is 22.0. The summed E-state index contributed by atoms with van der Waals surface area (Å²) in [5.41, 5.74) is 4.08. The maximum Gasteiger partial charge on any atom is 0.226 e. The summed E-state index contributed by atoms with van der Waals surface area (Å²) < 4.78 is 21.3. The van der Waals surface area contributed by atoms with Gasteiger partial charge in [-0.2, -0.15) is 0 Å². The van der Waals surface area contributed by atoms with Crippen LogP contribution >= 0.6 is 0 Å². The van der Waals surface area contributed by atoms with Crippen LogP contribution in [0.25, 0.3) is 11.3 Å². The molecule has 0 saturated carbocycles. The Labute approximate surface area is 201 Å². The molecule has 33 heavy (non-hydrogen) atoms. The predicted molar refractivity (Wildman–Crippen MR) is 138 cm³/mol. The summed E-state index contributed by atoms with van der Waals surface area (Å²) in [6, 6.07) is 8.25. The van der Waals surface area contributed by atoms with Crippen molar-refractivity contribution in [2.24, 2.45) is 0 Å². The third-order valence-corrected chi connectivity index (χ3v) is 6.92. The zero-order chi connectivity index (χ0) is 24.4. The lowest BCUT2D eigenvalue weighted by molar-refractivity contribution is 0.236. The number of benzene rings is 1. The summed E-state index contributed by atoms with van der Waals surface area (Å²) >= 11 is 0. The lowest BCUT2D eigenvalue weighted by Gasteiger charge is -2.28. The van der Waals surface area contributed by atoms with E-state index in [2.05, 4.69) is 59.7 Å². The van der Waals surface area contributed by atoms with Crippen molar-refractivity contribution in [2.45, 2.75) is 78.1 Å². The Bertz CT molecular complexity index is 1040. The topological polar surface area (TPSA) is 67.3 Å². The predicted octanol–water partition coefficient (Wildman–Crippen LogP) is 5.37. The summed E-state index contributed by atoms with van der Waals surface area (Å²) in [6.45, 7) is 18.1. The highest BCUT2D eigenvalue weighted by molar-refractivity contribution is 7.84. The number of hydrogen-bond acceptors (Lipinski definition) is 5. The minimum absolute atomic E-state index is 0.0513. The molecule has 6 nitrogen and oxygen atoms in total. The summed E-state index contributed by atoms with van der Waals surface area (Å²) in [5.74, 6) is 1.63. The first-order valence-electron chi connectivity index (χ1n) is 11.6. The van der Waals surface area contributed by atoms with E-state index in [9.17, 15) is 4.21 Å². The van der Waals surface area contributed by atoms with Crippen LogP contribution < -0.4 is 14.4 Å². The van der Waals surface area contributed by atoms with Crippen molar-refractivity contribution in [2.75, 3.05) is 18.0 Å². The van der Waals surface area contributed by atoms with Crippen LogP contribution in [-0.4, -0.2) is 38.1 Å². The van der Waals surface area contributed by atoms with Gasteiger partial charge in [0, 0.05) is 42.5 Å². The number of hydrogen-bond donors (Lipinski definition) is 1. The fourth-order valence-corrected chi connectivity index (χ4v) is 4.24. The van der Waals surface area contributed by atoms with E-state index in [1.807, 2.05) is 46.9 Å². The SMILES string of the molecule is CC(C)Oc1ccc(-c2ccnc(N3CC=C(NS(=O)C(C)(C)C)CC3)n2)cc1C(C)(C)C. The van der Waals surface area contributed by atoms with Crippen LogP contribution in [0.2, 0.25) is 0 Å². The molecule has 1 unspecified atom stereocenters. The van der Waals surface area contributed by atoms with Gasteiger partial charge in [-0.15, -0.1) is 0 Å². The van der Waals surface area contributed by atoms with Crippen LogP contribution in [0.5, 0.6) is 5.75 Å². The first-order valence-corrected chi connectivity index (χ1v) is 12.8. The van der Waals surface area contributed by atoms with Gasteiger partial charge in [-0.3, -0.25) is 0 Å². The summed E-state index contributed by atoms with van der Waals surface area (Å²) in [6.07, 6.45) is 4.80. The molecule has 2 aromatic rings. The number of nitrogens with zero attached hydrogens (tertiary/aromatic N) is 3. The molecule has 3 rings (SSSR count). The number of aromatic nitrogens is 2. The van der Waals surface area contributed by atoms with Crippen molar-refractivity contribution >= 4 is 16.9 Å². The molecule has 0 saturated heterocycles. The van der Waals surface area contributed by atoms with Crippen molar-refractivity contribution < 1.29 is 8.95 Å². The highest BCUT2D eigenvalue weighted by atomic mass is 32.2. The summed E-state index contributed by atoms with van der Waals surface area (Å²) in [4.78, 5) is 11.5. The lowest BCUT2D eigenvalue weighted by Crippen LogP contribution is -2.37. The van der Waals surface area contributed by atoms with E-state index in [-0.39, 0.29) is 16.3 Å². The highest BCUT2D eigenvalue weighted by Gasteiger charge is 2.23. The van der Waals surface area contributed by atoms with Crippen molar-refractivity contribution in [1.82, 2.24) is 14.7 Å². The van der Waals surface area contributed by atoms with Gasteiger partial charge >= 0.3 is 0 Å². The number of nitrogens with one attached hydrogen (secondary N) is 1. The Balaban J connectivity index is 1.81. The van der Waals surface area contributed by atoms with Crippen LogP contribution in [0.4, 0.5) is 5.95 Å². The second-order valence-electron chi connectivity index (χ2n) is 10.8. The maximum atomic E-state index is 12.4. The largest absolute Gasteiger partial charge is 0.491 e. The fraction of sp³-hybridized carbons (Fsp3) is 0.538. The second-order valence-corrected chi connectivity index (χ2v) is 12.7. The van der Waals surface area contributed by atoms with Crippen LogP contribution in [0.3, 0.4) is 0 Å². The summed E-state index contributed by atoms with van der Waals surface area (Å²) in [7, 11) is -1.11. The second kappa shape index (κ2) is 9.84. The molecular formula is C26H38N4O2S. The molecule has 0 bridgehead atoms. The maximum absolute atomic E-state index is 12.4. The number of rotatable bonds is 6. The van der Waals surface area contributed by atoms with Gasteiger partial charge in [-0.05, 0) is 70.4 Å². The zero-order valence-electron chi connectivity index (χ0n) is 21.2. The quantitative estimate of drug-likeness (QED) is 0.614. The van der Waals surface area contributed by atoms with Gasteiger partial charge in [0.15, 0.2) is 0 Å². The van der Waals surface area contributed by atoms with Crippen molar-refractivity contribution in [3.8, 4) is 17.0 Å². The molecule has 2 heterocycles. The van der Waals surface area contributed by atoms with E-state index in [1.54, 1.807) is 0 Å². The van der Waals surface area contributed by atoms with Gasteiger partial charge < -0.3 is 14.4 Å². The van der Waals surface area contributed by atoms with Gasteiger partial charge in [0.2, 0.25) is 5.95 Å². The normalized spacial score (nSPS) is 15.9.